The number of likely N-dealkylation sites (N-methyl/N-ethyl adjacent to an activating group) is 1. The first kappa shape index (κ1) is 17.3. The topological polar surface area (TPSA) is 73.7 Å². The van der Waals surface area contributed by atoms with Crippen LogP contribution >= 0.6 is 11.5 Å². The summed E-state index contributed by atoms with van der Waals surface area (Å²) in [5.74, 6) is 0.812. The molecule has 1 aromatic carbocycles. The molecule has 2 aliphatic heterocycles. The fourth-order valence-corrected chi connectivity index (χ4v) is 4.39. The zero-order valence-electron chi connectivity index (χ0n) is 15.6. The fourth-order valence-electron chi connectivity index (χ4n) is 3.58. The average molecular weight is 392 g/mol. The molecule has 28 heavy (non-hydrogen) atoms. The number of hydrogen-bond donors (Lipinski definition) is 1. The first-order valence-electron chi connectivity index (χ1n) is 9.32. The van der Waals surface area contributed by atoms with Gasteiger partial charge in [-0.25, -0.2) is 0 Å². The summed E-state index contributed by atoms with van der Waals surface area (Å²) in [4.78, 5) is 26.0. The van der Waals surface area contributed by atoms with E-state index < -0.39 is 0 Å². The van der Waals surface area contributed by atoms with Crippen molar-refractivity contribution in [2.75, 3.05) is 38.5 Å². The number of carbonyl (C=O) groups is 1. The van der Waals surface area contributed by atoms with E-state index in [0.29, 0.717) is 12.2 Å². The molecule has 0 saturated carbocycles. The van der Waals surface area contributed by atoms with Crippen molar-refractivity contribution in [1.29, 1.82) is 0 Å². The number of aliphatic imine (C=N–C) groups is 1. The second-order valence-corrected chi connectivity index (χ2v) is 7.94. The Morgan fingerprint density at radius 3 is 2.89 bits per heavy atom. The Morgan fingerprint density at radius 1 is 1.18 bits per heavy atom. The van der Waals surface area contributed by atoms with Crippen LogP contribution in [0.3, 0.4) is 0 Å². The monoisotopic (exact) mass is 392 g/mol. The van der Waals surface area contributed by atoms with Crippen LogP contribution in [0.5, 0.6) is 0 Å². The van der Waals surface area contributed by atoms with Gasteiger partial charge in [-0.15, -0.1) is 0 Å². The molecule has 0 bridgehead atoms. The molecule has 0 unspecified atom stereocenters. The van der Waals surface area contributed by atoms with Gasteiger partial charge in [0.1, 0.15) is 11.4 Å². The summed E-state index contributed by atoms with van der Waals surface area (Å²) in [6.07, 6.45) is 1.78. The van der Waals surface area contributed by atoms with E-state index in [0.717, 1.165) is 59.0 Å². The first-order chi connectivity index (χ1) is 13.7. The van der Waals surface area contributed by atoms with Gasteiger partial charge >= 0.3 is 0 Å². The Bertz CT molecular complexity index is 1080. The van der Waals surface area contributed by atoms with Gasteiger partial charge in [0.25, 0.3) is 5.91 Å². The van der Waals surface area contributed by atoms with Crippen molar-refractivity contribution in [1.82, 2.24) is 19.2 Å². The number of nitrogens with zero attached hydrogens (tertiary/aromatic N) is 5. The lowest BCUT2D eigenvalue weighted by atomic mass is 10.1. The van der Waals surface area contributed by atoms with Crippen molar-refractivity contribution < 1.29 is 4.79 Å². The number of piperazine rings is 1. The number of pyridine rings is 1. The molecule has 0 aliphatic carbocycles. The number of fused-ring (bicyclic) bond motifs is 2. The molecule has 1 fully saturated rings. The van der Waals surface area contributed by atoms with Crippen molar-refractivity contribution >= 4 is 39.0 Å². The van der Waals surface area contributed by atoms with Crippen molar-refractivity contribution in [2.24, 2.45) is 4.99 Å². The molecule has 0 radical (unpaired) electrons. The van der Waals surface area contributed by atoms with Gasteiger partial charge in [-0.1, -0.05) is 6.07 Å². The third kappa shape index (κ3) is 3.04. The van der Waals surface area contributed by atoms with Crippen molar-refractivity contribution in [3.8, 4) is 0 Å². The summed E-state index contributed by atoms with van der Waals surface area (Å²) in [5, 5.41) is 4.27. The van der Waals surface area contributed by atoms with Crippen molar-refractivity contribution in [3.63, 3.8) is 0 Å². The zero-order chi connectivity index (χ0) is 19.1. The van der Waals surface area contributed by atoms with E-state index in [1.807, 2.05) is 35.2 Å². The Kier molecular flexibility index (Phi) is 4.29. The number of hydrogen-bond acceptors (Lipinski definition) is 7. The summed E-state index contributed by atoms with van der Waals surface area (Å²) < 4.78 is 5.45. The van der Waals surface area contributed by atoms with Crippen LogP contribution in [0.25, 0.3) is 10.1 Å². The summed E-state index contributed by atoms with van der Waals surface area (Å²) in [6.45, 7) is 3.96. The Balaban J connectivity index is 1.38. The van der Waals surface area contributed by atoms with E-state index in [2.05, 4.69) is 31.6 Å². The number of rotatable bonds is 2. The highest BCUT2D eigenvalue weighted by Gasteiger charge is 2.24. The highest BCUT2D eigenvalue weighted by atomic mass is 32.1. The van der Waals surface area contributed by atoms with E-state index in [1.165, 1.54) is 11.5 Å². The van der Waals surface area contributed by atoms with Crippen LogP contribution < -0.4 is 5.32 Å². The van der Waals surface area contributed by atoms with Gasteiger partial charge in [0.05, 0.1) is 11.2 Å². The van der Waals surface area contributed by atoms with Crippen LogP contribution in [-0.2, 0) is 6.54 Å². The number of anilines is 1. The van der Waals surface area contributed by atoms with Gasteiger partial charge < -0.3 is 15.1 Å². The van der Waals surface area contributed by atoms with Crippen molar-refractivity contribution in [2.45, 2.75) is 6.54 Å². The highest BCUT2D eigenvalue weighted by molar-refractivity contribution is 7.13. The van der Waals surface area contributed by atoms with Gasteiger partial charge in [-0.3, -0.25) is 14.8 Å². The molecule has 5 rings (SSSR count). The number of aromatic nitrogens is 2. The summed E-state index contributed by atoms with van der Waals surface area (Å²) >= 11 is 1.36. The standard InChI is InChI=1S/C20H20N6OS/c1-25-7-9-26(10-8-25)20(27)18-15-5-4-14(11-16(15)28-24-18)23-19-17-13(12-22-19)3-2-6-21-17/h2-6,11H,7-10,12H2,1H3,(H,22,23). The number of nitrogens with one attached hydrogen (secondary N) is 1. The second-order valence-electron chi connectivity index (χ2n) is 7.14. The number of amidine groups is 1. The number of benzene rings is 1. The van der Waals surface area contributed by atoms with E-state index in [9.17, 15) is 4.79 Å². The molecular weight excluding hydrogens is 372 g/mol. The lowest BCUT2D eigenvalue weighted by Gasteiger charge is -2.32. The lowest BCUT2D eigenvalue weighted by Crippen LogP contribution is -2.47. The average Bonchev–Trinajstić information content (AvgIpc) is 3.32. The number of carbonyl (C=O) groups excluding carboxylic acids is 1. The maximum Gasteiger partial charge on any atom is 0.274 e. The van der Waals surface area contributed by atoms with Gasteiger partial charge in [0, 0.05) is 49.0 Å². The molecule has 8 heteroatoms. The maximum absolute atomic E-state index is 12.9. The molecule has 4 heterocycles. The molecule has 7 nitrogen and oxygen atoms in total. The van der Waals surface area contributed by atoms with Gasteiger partial charge in [0.2, 0.25) is 0 Å². The summed E-state index contributed by atoms with van der Waals surface area (Å²) in [5.41, 5.74) is 3.51. The molecular formula is C20H20N6OS. The lowest BCUT2D eigenvalue weighted by molar-refractivity contribution is 0.0661. The van der Waals surface area contributed by atoms with Crippen LogP contribution in [0.2, 0.25) is 0 Å². The van der Waals surface area contributed by atoms with E-state index in [4.69, 9.17) is 0 Å². The van der Waals surface area contributed by atoms with Crippen LogP contribution in [0.1, 0.15) is 21.7 Å². The molecule has 3 aromatic rings. The predicted molar refractivity (Wildman–Crippen MR) is 111 cm³/mol. The van der Waals surface area contributed by atoms with Crippen molar-refractivity contribution in [3.05, 3.63) is 53.5 Å². The molecule has 1 N–H and O–H groups in total. The van der Waals surface area contributed by atoms with E-state index >= 15 is 0 Å². The van der Waals surface area contributed by atoms with Gasteiger partial charge in [-0.2, -0.15) is 4.37 Å². The Labute approximate surface area is 166 Å². The molecule has 1 saturated heterocycles. The molecule has 142 valence electrons. The van der Waals surface area contributed by atoms with Gasteiger partial charge in [-0.05, 0) is 42.8 Å². The largest absolute Gasteiger partial charge is 0.339 e. The third-order valence-corrected chi connectivity index (χ3v) is 6.06. The molecule has 0 atom stereocenters. The van der Waals surface area contributed by atoms with E-state index in [-0.39, 0.29) is 5.91 Å². The summed E-state index contributed by atoms with van der Waals surface area (Å²) in [6, 6.07) is 9.94. The van der Waals surface area contributed by atoms with Crippen LogP contribution in [0, 0.1) is 0 Å². The highest BCUT2D eigenvalue weighted by Crippen LogP contribution is 2.28. The number of amides is 1. The molecule has 0 spiro atoms. The summed E-state index contributed by atoms with van der Waals surface area (Å²) in [7, 11) is 2.08. The minimum Gasteiger partial charge on any atom is -0.339 e. The zero-order valence-corrected chi connectivity index (χ0v) is 16.4. The minimum absolute atomic E-state index is 0.0263. The van der Waals surface area contributed by atoms with E-state index in [1.54, 1.807) is 6.20 Å². The van der Waals surface area contributed by atoms with Gasteiger partial charge in [0.15, 0.2) is 5.84 Å². The molecule has 1 amide bonds. The Hall–Kier alpha value is -2.84. The first-order valence-corrected chi connectivity index (χ1v) is 10.1. The third-order valence-electron chi connectivity index (χ3n) is 5.25. The second kappa shape index (κ2) is 6.96. The predicted octanol–water partition coefficient (Wildman–Crippen LogP) is 2.45. The molecule has 2 aliphatic rings. The Morgan fingerprint density at radius 2 is 2.04 bits per heavy atom. The maximum atomic E-state index is 12.9. The quantitative estimate of drug-likeness (QED) is 0.725. The normalized spacial score (nSPS) is 16.9. The molecule has 2 aromatic heterocycles. The minimum atomic E-state index is 0.0263. The SMILES string of the molecule is CN1CCN(C(=O)c2nsc3cc(NC4=NCc5cccnc54)ccc23)CC1. The smallest absolute Gasteiger partial charge is 0.274 e. The fraction of sp³-hybridized carbons (Fsp3) is 0.300. The van der Waals surface area contributed by atoms with Crippen LogP contribution in [-0.4, -0.2) is 64.1 Å². The van der Waals surface area contributed by atoms with Crippen LogP contribution in [0.4, 0.5) is 5.69 Å². The van der Waals surface area contributed by atoms with Crippen LogP contribution in [0.15, 0.2) is 41.5 Å².